The van der Waals surface area contributed by atoms with Gasteiger partial charge >= 0.3 is 0 Å². The Labute approximate surface area is 116 Å². The molecule has 1 saturated heterocycles. The lowest BCUT2D eigenvalue weighted by molar-refractivity contribution is 0.266. The van der Waals surface area contributed by atoms with Gasteiger partial charge in [-0.1, -0.05) is 6.92 Å². The van der Waals surface area contributed by atoms with Crippen LogP contribution in [0.4, 0.5) is 5.82 Å². The summed E-state index contributed by atoms with van der Waals surface area (Å²) in [4.78, 5) is 9.46. The highest BCUT2D eigenvalue weighted by atomic mass is 15.3. The van der Waals surface area contributed by atoms with E-state index >= 15 is 0 Å². The second-order valence-electron chi connectivity index (χ2n) is 6.00. The maximum absolute atomic E-state index is 5.92. The first-order chi connectivity index (χ1) is 8.93. The van der Waals surface area contributed by atoms with Gasteiger partial charge in [-0.15, -0.1) is 0 Å². The first-order valence-corrected chi connectivity index (χ1v) is 7.02. The third-order valence-electron chi connectivity index (χ3n) is 4.19. The van der Waals surface area contributed by atoms with Gasteiger partial charge < -0.3 is 15.5 Å². The topological polar surface area (TPSA) is 45.4 Å². The molecule has 2 atom stereocenters. The fraction of sp³-hybridized carbons (Fsp3) is 0.667. The normalized spacial score (nSPS) is 23.4. The molecule has 4 heteroatoms. The molecule has 0 amide bonds. The van der Waals surface area contributed by atoms with Crippen LogP contribution in [0.15, 0.2) is 6.07 Å². The SMILES string of the molecule is Cc1cc(C)c(CN)c(N2CC(C)C(N(C)C)C2)n1. The highest BCUT2D eigenvalue weighted by molar-refractivity contribution is 5.52. The summed E-state index contributed by atoms with van der Waals surface area (Å²) in [6, 6.07) is 2.71. The number of aryl methyl sites for hydroxylation is 2. The van der Waals surface area contributed by atoms with E-state index in [-0.39, 0.29) is 0 Å². The van der Waals surface area contributed by atoms with E-state index in [2.05, 4.69) is 50.7 Å². The van der Waals surface area contributed by atoms with Crippen molar-refractivity contribution < 1.29 is 0 Å². The molecule has 1 aromatic heterocycles. The van der Waals surface area contributed by atoms with Gasteiger partial charge in [0.1, 0.15) is 5.82 Å². The zero-order chi connectivity index (χ0) is 14.2. The standard InChI is InChI=1S/C15H26N4/c1-10-6-12(3)17-15(13(10)7-16)19-8-11(2)14(9-19)18(4)5/h6,11,14H,7-9,16H2,1-5H3. The predicted octanol–water partition coefficient (Wildman–Crippen LogP) is 1.54. The Balaban J connectivity index is 2.33. The van der Waals surface area contributed by atoms with E-state index in [1.807, 2.05) is 0 Å². The molecule has 2 rings (SSSR count). The molecule has 0 saturated carbocycles. The number of nitrogens with two attached hydrogens (primary N) is 1. The van der Waals surface area contributed by atoms with Gasteiger partial charge in [0.15, 0.2) is 0 Å². The largest absolute Gasteiger partial charge is 0.354 e. The van der Waals surface area contributed by atoms with Crippen LogP contribution in [-0.2, 0) is 6.54 Å². The molecule has 2 heterocycles. The van der Waals surface area contributed by atoms with E-state index in [1.165, 1.54) is 11.1 Å². The second-order valence-corrected chi connectivity index (χ2v) is 6.00. The average Bonchev–Trinajstić information content (AvgIpc) is 2.70. The van der Waals surface area contributed by atoms with Crippen LogP contribution < -0.4 is 10.6 Å². The molecule has 0 bridgehead atoms. The van der Waals surface area contributed by atoms with Crippen molar-refractivity contribution in [2.45, 2.75) is 33.4 Å². The summed E-state index contributed by atoms with van der Waals surface area (Å²) >= 11 is 0. The summed E-state index contributed by atoms with van der Waals surface area (Å²) in [6.45, 7) is 9.16. The van der Waals surface area contributed by atoms with Gasteiger partial charge in [0.2, 0.25) is 0 Å². The van der Waals surface area contributed by atoms with Gasteiger partial charge in [-0.3, -0.25) is 0 Å². The van der Waals surface area contributed by atoms with Gasteiger partial charge in [-0.25, -0.2) is 4.98 Å². The van der Waals surface area contributed by atoms with Crippen molar-refractivity contribution in [3.8, 4) is 0 Å². The van der Waals surface area contributed by atoms with Gasteiger partial charge in [0.05, 0.1) is 0 Å². The fourth-order valence-corrected chi connectivity index (χ4v) is 3.15. The summed E-state index contributed by atoms with van der Waals surface area (Å²) in [5, 5.41) is 0. The first kappa shape index (κ1) is 14.3. The molecule has 0 aromatic carbocycles. The number of hydrogen-bond acceptors (Lipinski definition) is 4. The predicted molar refractivity (Wildman–Crippen MR) is 80.5 cm³/mol. The first-order valence-electron chi connectivity index (χ1n) is 7.02. The zero-order valence-corrected chi connectivity index (χ0v) is 12.8. The van der Waals surface area contributed by atoms with Crippen molar-refractivity contribution in [3.63, 3.8) is 0 Å². The lowest BCUT2D eigenvalue weighted by atomic mass is 10.1. The number of aromatic nitrogens is 1. The van der Waals surface area contributed by atoms with E-state index in [1.54, 1.807) is 0 Å². The van der Waals surface area contributed by atoms with Crippen molar-refractivity contribution >= 4 is 5.82 Å². The Kier molecular flexibility index (Phi) is 4.11. The van der Waals surface area contributed by atoms with E-state index < -0.39 is 0 Å². The Morgan fingerprint density at radius 3 is 2.58 bits per heavy atom. The molecule has 106 valence electrons. The van der Waals surface area contributed by atoms with E-state index in [0.29, 0.717) is 18.5 Å². The van der Waals surface area contributed by atoms with Crippen molar-refractivity contribution in [2.75, 3.05) is 32.1 Å². The van der Waals surface area contributed by atoms with Crippen LogP contribution in [0.2, 0.25) is 0 Å². The lowest BCUT2D eigenvalue weighted by Gasteiger charge is -2.24. The maximum atomic E-state index is 5.92. The highest BCUT2D eigenvalue weighted by Crippen LogP contribution is 2.29. The molecule has 2 N–H and O–H groups in total. The average molecular weight is 262 g/mol. The van der Waals surface area contributed by atoms with Crippen LogP contribution in [0.25, 0.3) is 0 Å². The summed E-state index contributed by atoms with van der Waals surface area (Å²) in [5.41, 5.74) is 9.44. The molecule has 19 heavy (non-hydrogen) atoms. The van der Waals surface area contributed by atoms with Crippen molar-refractivity contribution in [1.82, 2.24) is 9.88 Å². The van der Waals surface area contributed by atoms with Crippen molar-refractivity contribution in [1.29, 1.82) is 0 Å². The van der Waals surface area contributed by atoms with E-state index in [9.17, 15) is 0 Å². The minimum Gasteiger partial charge on any atom is -0.354 e. The number of likely N-dealkylation sites (N-methyl/N-ethyl adjacent to an activating group) is 1. The van der Waals surface area contributed by atoms with Crippen LogP contribution >= 0.6 is 0 Å². The Hall–Kier alpha value is -1.13. The molecule has 0 aliphatic carbocycles. The number of anilines is 1. The smallest absolute Gasteiger partial charge is 0.133 e. The van der Waals surface area contributed by atoms with Crippen LogP contribution in [-0.4, -0.2) is 43.1 Å². The minimum absolute atomic E-state index is 0.561. The summed E-state index contributed by atoms with van der Waals surface area (Å²) in [5.74, 6) is 1.75. The third kappa shape index (κ3) is 2.74. The molecule has 1 aliphatic rings. The molecular weight excluding hydrogens is 236 g/mol. The number of pyridine rings is 1. The van der Waals surface area contributed by atoms with Crippen LogP contribution in [0, 0.1) is 19.8 Å². The Morgan fingerprint density at radius 1 is 1.37 bits per heavy atom. The maximum Gasteiger partial charge on any atom is 0.133 e. The number of hydrogen-bond donors (Lipinski definition) is 1. The second kappa shape index (κ2) is 5.47. The molecule has 4 nitrogen and oxygen atoms in total. The van der Waals surface area contributed by atoms with Gasteiger partial charge in [0, 0.05) is 36.9 Å². The molecule has 2 unspecified atom stereocenters. The molecule has 1 aliphatic heterocycles. The van der Waals surface area contributed by atoms with E-state index in [4.69, 9.17) is 10.7 Å². The van der Waals surface area contributed by atoms with Crippen molar-refractivity contribution in [3.05, 3.63) is 22.9 Å². The third-order valence-corrected chi connectivity index (χ3v) is 4.19. The monoisotopic (exact) mass is 262 g/mol. The Bertz CT molecular complexity index is 456. The van der Waals surface area contributed by atoms with Crippen LogP contribution in [0.1, 0.15) is 23.7 Å². The summed E-state index contributed by atoms with van der Waals surface area (Å²) in [7, 11) is 4.31. The molecule has 0 spiro atoms. The van der Waals surface area contributed by atoms with Crippen LogP contribution in [0.3, 0.4) is 0 Å². The van der Waals surface area contributed by atoms with Crippen LogP contribution in [0.5, 0.6) is 0 Å². The van der Waals surface area contributed by atoms with Gasteiger partial charge in [-0.2, -0.15) is 0 Å². The molecule has 0 radical (unpaired) electrons. The van der Waals surface area contributed by atoms with E-state index in [0.717, 1.165) is 24.6 Å². The molecule has 1 aromatic rings. The summed E-state index contributed by atoms with van der Waals surface area (Å²) < 4.78 is 0. The van der Waals surface area contributed by atoms with Gasteiger partial charge in [0.25, 0.3) is 0 Å². The zero-order valence-electron chi connectivity index (χ0n) is 12.8. The lowest BCUT2D eigenvalue weighted by Crippen LogP contribution is -2.34. The summed E-state index contributed by atoms with van der Waals surface area (Å²) in [6.07, 6.45) is 0. The molecular formula is C15H26N4. The van der Waals surface area contributed by atoms with Gasteiger partial charge in [-0.05, 0) is 45.5 Å². The van der Waals surface area contributed by atoms with Crippen molar-refractivity contribution in [2.24, 2.45) is 11.7 Å². The number of nitrogens with zero attached hydrogens (tertiary/aromatic N) is 3. The fourth-order valence-electron chi connectivity index (χ4n) is 3.15. The highest BCUT2D eigenvalue weighted by Gasteiger charge is 2.32. The Morgan fingerprint density at radius 2 is 2.05 bits per heavy atom. The molecule has 1 fully saturated rings. The quantitative estimate of drug-likeness (QED) is 0.897. The number of rotatable bonds is 3. The minimum atomic E-state index is 0.561.